The number of nitrogens with two attached hydrogens (primary N) is 1. The van der Waals surface area contributed by atoms with E-state index < -0.39 is 5.91 Å². The Bertz CT molecular complexity index is 784. The van der Waals surface area contributed by atoms with Gasteiger partial charge in [0.05, 0.1) is 26.4 Å². The summed E-state index contributed by atoms with van der Waals surface area (Å²) >= 11 is 0. The maximum Gasteiger partial charge on any atom is 0.255 e. The molecule has 3 rings (SSSR count). The van der Waals surface area contributed by atoms with E-state index >= 15 is 0 Å². The van der Waals surface area contributed by atoms with Crippen LogP contribution >= 0.6 is 0 Å². The third-order valence-electron chi connectivity index (χ3n) is 4.76. The highest BCUT2D eigenvalue weighted by molar-refractivity contribution is 5.75. The molecule has 7 nitrogen and oxygen atoms in total. The summed E-state index contributed by atoms with van der Waals surface area (Å²) in [5.41, 5.74) is 7.27. The summed E-state index contributed by atoms with van der Waals surface area (Å²) in [5, 5.41) is 9.80. The highest BCUT2D eigenvalue weighted by Crippen LogP contribution is 2.33. The highest BCUT2D eigenvalue weighted by atomic mass is 16.5. The molecule has 7 heteroatoms. The van der Waals surface area contributed by atoms with Crippen molar-refractivity contribution < 1.29 is 24.1 Å². The van der Waals surface area contributed by atoms with Gasteiger partial charge in [-0.05, 0) is 23.3 Å². The molecule has 0 saturated carbocycles. The number of ether oxygens (including phenoxy) is 3. The fourth-order valence-electron chi connectivity index (χ4n) is 3.51. The van der Waals surface area contributed by atoms with Gasteiger partial charge in [0.1, 0.15) is 6.10 Å². The second kappa shape index (κ2) is 9.54. The van der Waals surface area contributed by atoms with Gasteiger partial charge in [0.25, 0.3) is 5.91 Å². The monoisotopic (exact) mass is 386 g/mol. The van der Waals surface area contributed by atoms with E-state index in [4.69, 9.17) is 19.9 Å². The minimum absolute atomic E-state index is 0.0424. The van der Waals surface area contributed by atoms with Gasteiger partial charge in [-0.25, -0.2) is 0 Å². The van der Waals surface area contributed by atoms with E-state index in [1.54, 1.807) is 13.2 Å². The van der Waals surface area contributed by atoms with Gasteiger partial charge >= 0.3 is 0 Å². The van der Waals surface area contributed by atoms with E-state index in [0.717, 1.165) is 17.7 Å². The Morgan fingerprint density at radius 2 is 2.04 bits per heavy atom. The van der Waals surface area contributed by atoms with Crippen molar-refractivity contribution in [1.82, 2.24) is 4.90 Å². The van der Waals surface area contributed by atoms with E-state index in [2.05, 4.69) is 17.0 Å². The quantitative estimate of drug-likeness (QED) is 0.714. The zero-order chi connectivity index (χ0) is 19.9. The van der Waals surface area contributed by atoms with Gasteiger partial charge in [-0.2, -0.15) is 0 Å². The Morgan fingerprint density at radius 3 is 2.71 bits per heavy atom. The first-order valence-corrected chi connectivity index (χ1v) is 9.22. The smallest absolute Gasteiger partial charge is 0.255 e. The standard InChI is InChI=1S/C21H26N2O5/c1-26-18-11-15(7-8-17(18)28-14-20(22)25)12-23-9-10-27-19(13-24)21(23)16-5-3-2-4-6-16/h2-8,11,19,21,24H,9-10,12-14H2,1H3,(H2,22,25)/t19-,21-/m1/s1. The van der Waals surface area contributed by atoms with Crippen LogP contribution in [0.1, 0.15) is 17.2 Å². The summed E-state index contributed by atoms with van der Waals surface area (Å²) in [6.45, 7) is 1.72. The summed E-state index contributed by atoms with van der Waals surface area (Å²) < 4.78 is 16.6. The van der Waals surface area contributed by atoms with E-state index in [1.807, 2.05) is 30.3 Å². The molecule has 0 radical (unpaired) electrons. The molecule has 0 aromatic heterocycles. The second-order valence-electron chi connectivity index (χ2n) is 6.66. The lowest BCUT2D eigenvalue weighted by Crippen LogP contribution is -2.46. The molecule has 0 spiro atoms. The molecule has 1 heterocycles. The SMILES string of the molecule is COc1cc(CN2CCO[C@H](CO)[C@H]2c2ccccc2)ccc1OCC(N)=O. The normalized spacial score (nSPS) is 19.9. The average Bonchev–Trinajstić information content (AvgIpc) is 2.73. The van der Waals surface area contributed by atoms with Crippen LogP contribution in [0.15, 0.2) is 48.5 Å². The van der Waals surface area contributed by atoms with Crippen molar-refractivity contribution in [2.75, 3.05) is 33.5 Å². The number of aliphatic hydroxyl groups excluding tert-OH is 1. The Morgan fingerprint density at radius 1 is 1.25 bits per heavy atom. The first kappa shape index (κ1) is 20.1. The molecule has 1 aliphatic heterocycles. The van der Waals surface area contributed by atoms with Gasteiger partial charge in [0.2, 0.25) is 0 Å². The molecule has 2 aromatic rings. The Kier molecular flexibility index (Phi) is 6.86. The molecule has 1 fully saturated rings. The average molecular weight is 386 g/mol. The molecule has 150 valence electrons. The maximum atomic E-state index is 10.9. The topological polar surface area (TPSA) is 94.2 Å². The van der Waals surface area contributed by atoms with Crippen molar-refractivity contribution >= 4 is 5.91 Å². The van der Waals surface area contributed by atoms with Gasteiger partial charge in [-0.1, -0.05) is 36.4 Å². The molecule has 1 amide bonds. The summed E-state index contributed by atoms with van der Waals surface area (Å²) in [4.78, 5) is 13.2. The Hall–Kier alpha value is -2.61. The van der Waals surface area contributed by atoms with Crippen LogP contribution in [-0.4, -0.2) is 55.5 Å². The largest absolute Gasteiger partial charge is 0.493 e. The number of benzene rings is 2. The predicted molar refractivity (Wildman–Crippen MR) is 104 cm³/mol. The number of aliphatic hydroxyl groups is 1. The van der Waals surface area contributed by atoms with Crippen LogP contribution in [0, 0.1) is 0 Å². The molecule has 2 aromatic carbocycles. The van der Waals surface area contributed by atoms with Crippen molar-refractivity contribution in [3.63, 3.8) is 0 Å². The number of carbonyl (C=O) groups excluding carboxylic acids is 1. The van der Waals surface area contributed by atoms with E-state index in [-0.39, 0.29) is 25.4 Å². The molecular weight excluding hydrogens is 360 g/mol. The first-order valence-electron chi connectivity index (χ1n) is 9.22. The predicted octanol–water partition coefficient (Wildman–Crippen LogP) is 1.49. The van der Waals surface area contributed by atoms with E-state index in [0.29, 0.717) is 24.7 Å². The number of methoxy groups -OCH3 is 1. The van der Waals surface area contributed by atoms with Gasteiger partial charge in [-0.15, -0.1) is 0 Å². The minimum Gasteiger partial charge on any atom is -0.493 e. The fraction of sp³-hybridized carbons (Fsp3) is 0.381. The van der Waals surface area contributed by atoms with E-state index in [9.17, 15) is 9.90 Å². The molecule has 1 saturated heterocycles. The molecular formula is C21H26N2O5. The number of rotatable bonds is 8. The third-order valence-corrected chi connectivity index (χ3v) is 4.76. The summed E-state index contributed by atoms with van der Waals surface area (Å²) in [5.74, 6) is 0.474. The summed E-state index contributed by atoms with van der Waals surface area (Å²) in [6.07, 6.45) is -0.281. The minimum atomic E-state index is -0.541. The van der Waals surface area contributed by atoms with Gasteiger partial charge in [0, 0.05) is 13.1 Å². The number of nitrogens with zero attached hydrogens (tertiary/aromatic N) is 1. The number of amides is 1. The van der Waals surface area contributed by atoms with Gasteiger partial charge in [0.15, 0.2) is 18.1 Å². The van der Waals surface area contributed by atoms with Crippen LogP contribution < -0.4 is 15.2 Å². The van der Waals surface area contributed by atoms with Crippen LogP contribution in [0.25, 0.3) is 0 Å². The number of morpholine rings is 1. The van der Waals surface area contributed by atoms with Crippen molar-refractivity contribution in [3.05, 3.63) is 59.7 Å². The van der Waals surface area contributed by atoms with Gasteiger partial charge < -0.3 is 25.1 Å². The molecule has 0 bridgehead atoms. The van der Waals surface area contributed by atoms with Gasteiger partial charge in [-0.3, -0.25) is 9.69 Å². The molecule has 28 heavy (non-hydrogen) atoms. The van der Waals surface area contributed by atoms with Crippen molar-refractivity contribution in [2.45, 2.75) is 18.7 Å². The zero-order valence-corrected chi connectivity index (χ0v) is 15.9. The van der Waals surface area contributed by atoms with Crippen molar-refractivity contribution in [3.8, 4) is 11.5 Å². The summed E-state index contributed by atoms with van der Waals surface area (Å²) in [7, 11) is 1.56. The number of primary amides is 1. The molecule has 0 unspecified atom stereocenters. The molecule has 0 aliphatic carbocycles. The van der Waals surface area contributed by atoms with Crippen LogP contribution in [-0.2, 0) is 16.1 Å². The number of hydrogen-bond acceptors (Lipinski definition) is 6. The zero-order valence-electron chi connectivity index (χ0n) is 15.9. The molecule has 1 aliphatic rings. The lowest BCUT2D eigenvalue weighted by molar-refractivity contribution is -0.119. The number of carbonyl (C=O) groups is 1. The second-order valence-corrected chi connectivity index (χ2v) is 6.66. The highest BCUT2D eigenvalue weighted by Gasteiger charge is 2.33. The van der Waals surface area contributed by atoms with E-state index in [1.165, 1.54) is 0 Å². The third kappa shape index (κ3) is 4.81. The van der Waals surface area contributed by atoms with Crippen molar-refractivity contribution in [1.29, 1.82) is 0 Å². The van der Waals surface area contributed by atoms with Crippen LogP contribution in [0.4, 0.5) is 0 Å². The van der Waals surface area contributed by atoms with Crippen LogP contribution in [0.2, 0.25) is 0 Å². The molecule has 3 N–H and O–H groups in total. The number of hydrogen-bond donors (Lipinski definition) is 2. The Balaban J connectivity index is 1.81. The van der Waals surface area contributed by atoms with Crippen LogP contribution in [0.5, 0.6) is 11.5 Å². The Labute approximate surface area is 164 Å². The fourth-order valence-corrected chi connectivity index (χ4v) is 3.51. The lowest BCUT2D eigenvalue weighted by Gasteiger charge is -2.41. The summed E-state index contributed by atoms with van der Waals surface area (Å²) in [6, 6.07) is 15.6. The molecule has 2 atom stereocenters. The lowest BCUT2D eigenvalue weighted by atomic mass is 9.97. The van der Waals surface area contributed by atoms with Crippen molar-refractivity contribution in [2.24, 2.45) is 5.73 Å². The van der Waals surface area contributed by atoms with Crippen LogP contribution in [0.3, 0.4) is 0 Å². The maximum absolute atomic E-state index is 10.9. The first-order chi connectivity index (χ1) is 13.6.